The van der Waals surface area contributed by atoms with Gasteiger partial charge in [-0.05, 0) is 31.2 Å². The molecule has 1 saturated heterocycles. The van der Waals surface area contributed by atoms with Crippen LogP contribution in [0, 0.1) is 0 Å². The van der Waals surface area contributed by atoms with Crippen molar-refractivity contribution in [2.45, 2.75) is 45.6 Å². The molecule has 1 aromatic carbocycles. The fourth-order valence-corrected chi connectivity index (χ4v) is 3.49. The molecule has 0 radical (unpaired) electrons. The third kappa shape index (κ3) is 4.84. The molecule has 0 bridgehead atoms. The minimum atomic E-state index is -0.592. The molecule has 142 valence electrons. The van der Waals surface area contributed by atoms with Crippen molar-refractivity contribution in [2.75, 3.05) is 26.2 Å². The van der Waals surface area contributed by atoms with Gasteiger partial charge in [-0.25, -0.2) is 0 Å². The summed E-state index contributed by atoms with van der Waals surface area (Å²) in [6.07, 6.45) is 0.777. The summed E-state index contributed by atoms with van der Waals surface area (Å²) in [6, 6.07) is 10.2. The molecule has 1 unspecified atom stereocenters. The second kappa shape index (κ2) is 8.34. The van der Waals surface area contributed by atoms with E-state index in [4.69, 9.17) is 0 Å². The van der Waals surface area contributed by atoms with Crippen LogP contribution in [-0.4, -0.2) is 59.7 Å². The van der Waals surface area contributed by atoms with E-state index >= 15 is 0 Å². The van der Waals surface area contributed by atoms with Crippen LogP contribution in [0.5, 0.6) is 0 Å². The van der Waals surface area contributed by atoms with Gasteiger partial charge in [0.2, 0.25) is 5.91 Å². The summed E-state index contributed by atoms with van der Waals surface area (Å²) < 4.78 is 0. The van der Waals surface area contributed by atoms with Crippen LogP contribution < -0.4 is 5.32 Å². The van der Waals surface area contributed by atoms with Crippen molar-refractivity contribution >= 4 is 17.7 Å². The highest BCUT2D eigenvalue weighted by molar-refractivity contribution is 6.35. The zero-order chi connectivity index (χ0) is 19.3. The topological polar surface area (TPSA) is 69.7 Å². The lowest BCUT2D eigenvalue weighted by atomic mass is 9.79. The standard InChI is InChI=1S/C20H29N3O3/c1-5-22-11-12-23(19(26)18(22)25)14-17(24)21-15(2)13-20(3,4)16-9-7-6-8-10-16/h6-10,15H,5,11-14H2,1-4H3,(H,21,24). The van der Waals surface area contributed by atoms with Gasteiger partial charge < -0.3 is 15.1 Å². The van der Waals surface area contributed by atoms with Crippen molar-refractivity contribution in [3.63, 3.8) is 0 Å². The van der Waals surface area contributed by atoms with Crippen molar-refractivity contribution in [2.24, 2.45) is 0 Å². The maximum atomic E-state index is 12.3. The highest BCUT2D eigenvalue weighted by atomic mass is 16.2. The molecule has 26 heavy (non-hydrogen) atoms. The number of nitrogens with one attached hydrogen (secondary N) is 1. The van der Waals surface area contributed by atoms with E-state index in [1.54, 1.807) is 0 Å². The highest BCUT2D eigenvalue weighted by Gasteiger charge is 2.33. The van der Waals surface area contributed by atoms with Crippen LogP contribution in [0.4, 0.5) is 0 Å². The third-order valence-electron chi connectivity index (χ3n) is 4.89. The van der Waals surface area contributed by atoms with E-state index in [1.165, 1.54) is 15.4 Å². The summed E-state index contributed by atoms with van der Waals surface area (Å²) in [5.74, 6) is -1.34. The summed E-state index contributed by atoms with van der Waals surface area (Å²) >= 11 is 0. The van der Waals surface area contributed by atoms with Crippen molar-refractivity contribution < 1.29 is 14.4 Å². The molecule has 1 fully saturated rings. The van der Waals surface area contributed by atoms with Crippen molar-refractivity contribution in [3.8, 4) is 0 Å². The van der Waals surface area contributed by atoms with Gasteiger partial charge in [-0.2, -0.15) is 0 Å². The maximum Gasteiger partial charge on any atom is 0.312 e. The molecule has 1 atom stereocenters. The largest absolute Gasteiger partial charge is 0.352 e. The monoisotopic (exact) mass is 359 g/mol. The summed E-state index contributed by atoms with van der Waals surface area (Å²) in [7, 11) is 0. The van der Waals surface area contributed by atoms with Crippen LogP contribution in [0.15, 0.2) is 30.3 Å². The molecule has 0 aromatic heterocycles. The van der Waals surface area contributed by atoms with Gasteiger partial charge in [-0.1, -0.05) is 44.2 Å². The summed E-state index contributed by atoms with van der Waals surface area (Å²) in [5.41, 5.74) is 1.14. The Morgan fingerprint density at radius 2 is 1.69 bits per heavy atom. The number of piperazine rings is 1. The number of likely N-dealkylation sites (N-methyl/N-ethyl adjacent to an activating group) is 1. The number of hydrogen-bond acceptors (Lipinski definition) is 3. The average Bonchev–Trinajstić information content (AvgIpc) is 2.59. The van der Waals surface area contributed by atoms with Gasteiger partial charge >= 0.3 is 11.8 Å². The molecule has 3 amide bonds. The van der Waals surface area contributed by atoms with E-state index in [2.05, 4.69) is 31.3 Å². The van der Waals surface area contributed by atoms with Gasteiger partial charge in [-0.3, -0.25) is 14.4 Å². The third-order valence-corrected chi connectivity index (χ3v) is 4.89. The molecule has 1 aliphatic rings. The Morgan fingerprint density at radius 1 is 1.12 bits per heavy atom. The molecule has 2 rings (SSSR count). The van der Waals surface area contributed by atoms with Gasteiger partial charge in [0.25, 0.3) is 0 Å². The molecule has 6 heteroatoms. The fourth-order valence-electron chi connectivity index (χ4n) is 3.49. The Morgan fingerprint density at radius 3 is 2.31 bits per heavy atom. The van der Waals surface area contributed by atoms with Gasteiger partial charge in [0.05, 0.1) is 0 Å². The van der Waals surface area contributed by atoms with E-state index in [0.29, 0.717) is 19.6 Å². The first-order chi connectivity index (χ1) is 12.2. The predicted molar refractivity (Wildman–Crippen MR) is 101 cm³/mol. The van der Waals surface area contributed by atoms with E-state index in [0.717, 1.165) is 6.42 Å². The second-order valence-electron chi connectivity index (χ2n) is 7.53. The van der Waals surface area contributed by atoms with Crippen LogP contribution in [0.25, 0.3) is 0 Å². The lowest BCUT2D eigenvalue weighted by Crippen LogP contribution is -2.56. The number of nitrogens with zero attached hydrogens (tertiary/aromatic N) is 2. The van der Waals surface area contributed by atoms with Crippen LogP contribution in [0.2, 0.25) is 0 Å². The predicted octanol–water partition coefficient (Wildman–Crippen LogP) is 1.55. The van der Waals surface area contributed by atoms with Gasteiger partial charge in [-0.15, -0.1) is 0 Å². The second-order valence-corrected chi connectivity index (χ2v) is 7.53. The Kier molecular flexibility index (Phi) is 6.40. The normalized spacial score (nSPS) is 16.6. The quantitative estimate of drug-likeness (QED) is 0.751. The zero-order valence-electron chi connectivity index (χ0n) is 16.1. The lowest BCUT2D eigenvalue weighted by Gasteiger charge is -2.33. The highest BCUT2D eigenvalue weighted by Crippen LogP contribution is 2.28. The molecule has 0 saturated carbocycles. The molecule has 1 aliphatic heterocycles. The Bertz CT molecular complexity index is 658. The number of benzene rings is 1. The Labute approximate surface area is 155 Å². The van der Waals surface area contributed by atoms with E-state index in [9.17, 15) is 14.4 Å². The average molecular weight is 359 g/mol. The smallest absolute Gasteiger partial charge is 0.312 e. The van der Waals surface area contributed by atoms with Crippen LogP contribution in [0.1, 0.15) is 39.7 Å². The SMILES string of the molecule is CCN1CCN(CC(=O)NC(C)CC(C)(C)c2ccccc2)C(=O)C1=O. The molecule has 1 N–H and O–H groups in total. The number of amides is 3. The number of carbonyl (C=O) groups excluding carboxylic acids is 3. The first kappa shape index (κ1) is 19.9. The van der Waals surface area contributed by atoms with E-state index in [1.807, 2.05) is 32.0 Å². The first-order valence-electron chi connectivity index (χ1n) is 9.17. The van der Waals surface area contributed by atoms with Crippen LogP contribution in [-0.2, 0) is 19.8 Å². The van der Waals surface area contributed by atoms with Crippen LogP contribution in [0.3, 0.4) is 0 Å². The van der Waals surface area contributed by atoms with E-state index in [-0.39, 0.29) is 23.9 Å². The zero-order valence-corrected chi connectivity index (χ0v) is 16.1. The maximum absolute atomic E-state index is 12.3. The molecule has 1 heterocycles. The Balaban J connectivity index is 1.87. The Hall–Kier alpha value is -2.37. The fraction of sp³-hybridized carbons (Fsp3) is 0.550. The molecule has 0 aliphatic carbocycles. The van der Waals surface area contributed by atoms with Gasteiger partial charge in [0.15, 0.2) is 0 Å². The summed E-state index contributed by atoms with van der Waals surface area (Å²) in [6.45, 7) is 9.41. The van der Waals surface area contributed by atoms with Crippen molar-refractivity contribution in [1.29, 1.82) is 0 Å². The molecule has 6 nitrogen and oxygen atoms in total. The summed E-state index contributed by atoms with van der Waals surface area (Å²) in [4.78, 5) is 39.2. The molecule has 0 spiro atoms. The minimum absolute atomic E-state index is 0.0413. The minimum Gasteiger partial charge on any atom is -0.352 e. The first-order valence-corrected chi connectivity index (χ1v) is 9.17. The molecular formula is C20H29N3O3. The summed E-state index contributed by atoms with van der Waals surface area (Å²) in [5, 5.41) is 2.96. The lowest BCUT2D eigenvalue weighted by molar-refractivity contribution is -0.156. The van der Waals surface area contributed by atoms with Crippen LogP contribution >= 0.6 is 0 Å². The van der Waals surface area contributed by atoms with Crippen molar-refractivity contribution in [1.82, 2.24) is 15.1 Å². The molecule has 1 aromatic rings. The number of rotatable bonds is 7. The number of carbonyl (C=O) groups is 3. The van der Waals surface area contributed by atoms with Gasteiger partial charge in [0, 0.05) is 25.7 Å². The van der Waals surface area contributed by atoms with Crippen molar-refractivity contribution in [3.05, 3.63) is 35.9 Å². The number of hydrogen-bond donors (Lipinski definition) is 1. The van der Waals surface area contributed by atoms with Gasteiger partial charge in [0.1, 0.15) is 6.54 Å². The van der Waals surface area contributed by atoms with E-state index < -0.39 is 11.8 Å². The molecular weight excluding hydrogens is 330 g/mol.